The molecule has 0 radical (unpaired) electrons. The van der Waals surface area contributed by atoms with Gasteiger partial charge in [-0.15, -0.1) is 0 Å². The van der Waals surface area contributed by atoms with E-state index in [0.717, 1.165) is 4.68 Å². The minimum Gasteiger partial charge on any atom is -0.383 e. The number of ether oxygens (including phenoxy) is 2. The van der Waals surface area contributed by atoms with Gasteiger partial charge in [0.05, 0.1) is 25.3 Å². The molecule has 0 unspecified atom stereocenters. The van der Waals surface area contributed by atoms with Crippen LogP contribution in [0.15, 0.2) is 56.8 Å². The Morgan fingerprint density at radius 1 is 1.03 bits per heavy atom. The minimum absolute atomic E-state index is 0.0423. The largest absolute Gasteiger partial charge is 0.383 e. The molecule has 1 amide bonds. The van der Waals surface area contributed by atoms with Gasteiger partial charge in [-0.25, -0.2) is 4.68 Å². The number of carbonyl (C=O) groups is 1. The number of nitrogens with one attached hydrogen (secondary N) is 2. The molecule has 0 saturated carbocycles. The zero-order valence-corrected chi connectivity index (χ0v) is 20.6. The first-order chi connectivity index (χ1) is 17.3. The molecule has 0 saturated heterocycles. The summed E-state index contributed by atoms with van der Waals surface area (Å²) in [6.45, 7) is 1.49. The Bertz CT molecular complexity index is 1600. The van der Waals surface area contributed by atoms with Crippen molar-refractivity contribution < 1.29 is 14.3 Å². The number of aromatic amines is 2. The fourth-order valence-corrected chi connectivity index (χ4v) is 4.17. The Hall–Kier alpha value is -3.73. The molecule has 2 aromatic heterocycles. The lowest BCUT2D eigenvalue weighted by atomic mass is 10.1. The predicted octanol–water partition coefficient (Wildman–Crippen LogP) is 1.97. The van der Waals surface area contributed by atoms with E-state index in [2.05, 4.69) is 10.1 Å². The molecule has 0 bridgehead atoms. The van der Waals surface area contributed by atoms with Crippen molar-refractivity contribution in [3.8, 4) is 0 Å². The summed E-state index contributed by atoms with van der Waals surface area (Å²) in [6, 6.07) is 11.3. The molecule has 10 nitrogen and oxygen atoms in total. The topological polar surface area (TPSA) is 126 Å². The quantitative estimate of drug-likeness (QED) is 0.330. The lowest BCUT2D eigenvalue weighted by Gasteiger charge is -2.22. The van der Waals surface area contributed by atoms with E-state index in [0.29, 0.717) is 48.0 Å². The summed E-state index contributed by atoms with van der Waals surface area (Å²) >= 11 is 6.00. The first kappa shape index (κ1) is 25.4. The van der Waals surface area contributed by atoms with Gasteiger partial charge in [-0.1, -0.05) is 23.7 Å². The number of rotatable bonds is 9. The highest BCUT2D eigenvalue weighted by Crippen LogP contribution is 2.16. The van der Waals surface area contributed by atoms with Gasteiger partial charge in [0.25, 0.3) is 17.0 Å². The second-order valence-corrected chi connectivity index (χ2v) is 8.64. The van der Waals surface area contributed by atoms with E-state index in [4.69, 9.17) is 21.1 Å². The van der Waals surface area contributed by atoms with Crippen molar-refractivity contribution in [2.45, 2.75) is 6.54 Å². The summed E-state index contributed by atoms with van der Waals surface area (Å²) in [7, 11) is 3.12. The van der Waals surface area contributed by atoms with E-state index in [1.54, 1.807) is 49.5 Å². The molecule has 2 heterocycles. The second-order valence-electron chi connectivity index (χ2n) is 8.20. The van der Waals surface area contributed by atoms with Crippen molar-refractivity contribution in [2.24, 2.45) is 0 Å². The number of benzene rings is 2. The molecule has 4 rings (SSSR count). The van der Waals surface area contributed by atoms with Gasteiger partial charge >= 0.3 is 0 Å². The van der Waals surface area contributed by atoms with Gasteiger partial charge in [-0.05, 0) is 35.9 Å². The van der Waals surface area contributed by atoms with Crippen molar-refractivity contribution in [3.05, 3.63) is 89.5 Å². The summed E-state index contributed by atoms with van der Waals surface area (Å²) < 4.78 is 11.3. The van der Waals surface area contributed by atoms with Gasteiger partial charge in [0.1, 0.15) is 10.9 Å². The van der Waals surface area contributed by atoms with Crippen molar-refractivity contribution in [2.75, 3.05) is 40.5 Å². The number of nitrogens with zero attached hydrogens (tertiary/aromatic N) is 2. The minimum atomic E-state index is -0.652. The number of hydrogen-bond acceptors (Lipinski definition) is 6. The first-order valence-electron chi connectivity index (χ1n) is 11.2. The summed E-state index contributed by atoms with van der Waals surface area (Å²) in [5.74, 6) is -0.216. The van der Waals surface area contributed by atoms with Gasteiger partial charge in [0.2, 0.25) is 5.43 Å². The lowest BCUT2D eigenvalue weighted by molar-refractivity contribution is 0.0627. The normalized spacial score (nSPS) is 11.3. The molecule has 36 heavy (non-hydrogen) atoms. The van der Waals surface area contributed by atoms with E-state index in [1.807, 2.05) is 0 Å². The second kappa shape index (κ2) is 10.9. The summed E-state index contributed by atoms with van der Waals surface area (Å²) in [6.07, 6.45) is 0. The van der Waals surface area contributed by atoms with Crippen LogP contribution in [0.5, 0.6) is 0 Å². The Kier molecular flexibility index (Phi) is 7.68. The van der Waals surface area contributed by atoms with Crippen LogP contribution in [0.2, 0.25) is 5.02 Å². The molecular formula is C25H25ClN4O6. The highest BCUT2D eigenvalue weighted by atomic mass is 35.5. The number of fused-ring (bicyclic) bond motifs is 2. The molecule has 11 heteroatoms. The summed E-state index contributed by atoms with van der Waals surface area (Å²) in [4.78, 5) is 56.6. The number of H-pyrrole nitrogens is 2. The molecule has 0 aliphatic heterocycles. The molecule has 2 aromatic carbocycles. The maximum Gasteiger partial charge on any atom is 0.287 e. The fourth-order valence-electron chi connectivity index (χ4n) is 4.00. The molecule has 0 spiro atoms. The van der Waals surface area contributed by atoms with Gasteiger partial charge < -0.3 is 19.4 Å². The number of hydrogen-bond donors (Lipinski definition) is 2. The summed E-state index contributed by atoms with van der Waals surface area (Å²) in [5.41, 5.74) is -0.581. The van der Waals surface area contributed by atoms with E-state index >= 15 is 0 Å². The van der Waals surface area contributed by atoms with Gasteiger partial charge in [0, 0.05) is 43.3 Å². The molecule has 0 aliphatic carbocycles. The van der Waals surface area contributed by atoms with Gasteiger partial charge in [0.15, 0.2) is 0 Å². The highest BCUT2D eigenvalue weighted by molar-refractivity contribution is 6.31. The molecule has 188 valence electrons. The molecule has 0 atom stereocenters. The van der Waals surface area contributed by atoms with Crippen molar-refractivity contribution in [1.29, 1.82) is 0 Å². The van der Waals surface area contributed by atoms with Crippen molar-refractivity contribution in [3.63, 3.8) is 0 Å². The maximum atomic E-state index is 13.2. The Balaban J connectivity index is 1.71. The van der Waals surface area contributed by atoms with Crippen LogP contribution >= 0.6 is 11.6 Å². The molecule has 4 aromatic rings. The SMILES string of the molecule is COCCN(CCOC)C(=O)c1cccc(Cn2[nH]c(=O)c3[nH]c4cc(Cl)ccc4c(=O)c3c2=O)c1. The lowest BCUT2D eigenvalue weighted by Crippen LogP contribution is -2.36. The van der Waals surface area contributed by atoms with Crippen LogP contribution in [0.4, 0.5) is 0 Å². The third kappa shape index (κ3) is 5.11. The van der Waals surface area contributed by atoms with Crippen LogP contribution in [0, 0.1) is 0 Å². The maximum absolute atomic E-state index is 13.2. The Morgan fingerprint density at radius 3 is 2.44 bits per heavy atom. The van der Waals surface area contributed by atoms with Crippen LogP contribution in [0.1, 0.15) is 15.9 Å². The average molecular weight is 513 g/mol. The third-order valence-electron chi connectivity index (χ3n) is 5.82. The first-order valence-corrected chi connectivity index (χ1v) is 11.6. The number of halogens is 1. The molecule has 0 aliphatic rings. The van der Waals surface area contributed by atoms with Gasteiger partial charge in [-0.3, -0.25) is 24.3 Å². The standard InChI is InChI=1S/C25H25ClN4O6/c1-35-10-8-29(9-11-36-2)24(33)16-5-3-4-15(12-16)14-30-25(34)20-21(23(32)28-30)27-19-13-17(26)6-7-18(19)22(20)31/h3-7,12-13H,8-11,14H2,1-2H3,(H,27,31)(H,28,32). The number of pyridine rings is 1. The highest BCUT2D eigenvalue weighted by Gasteiger charge is 2.18. The Labute approximate surface area is 210 Å². The van der Waals surface area contributed by atoms with Crippen LogP contribution in [-0.2, 0) is 16.0 Å². The smallest absolute Gasteiger partial charge is 0.287 e. The molecular weight excluding hydrogens is 488 g/mol. The van der Waals surface area contributed by atoms with Crippen LogP contribution in [0.25, 0.3) is 21.8 Å². The van der Waals surface area contributed by atoms with Crippen LogP contribution in [0.3, 0.4) is 0 Å². The predicted molar refractivity (Wildman–Crippen MR) is 137 cm³/mol. The third-order valence-corrected chi connectivity index (χ3v) is 6.05. The number of methoxy groups -OCH3 is 2. The van der Waals surface area contributed by atoms with Crippen LogP contribution < -0.4 is 16.5 Å². The van der Waals surface area contributed by atoms with Gasteiger partial charge in [-0.2, -0.15) is 0 Å². The average Bonchev–Trinajstić information content (AvgIpc) is 2.87. The summed E-state index contributed by atoms with van der Waals surface area (Å²) in [5, 5.41) is 2.91. The van der Waals surface area contributed by atoms with Crippen LogP contribution in [-0.4, -0.2) is 66.1 Å². The number of aromatic nitrogens is 3. The van der Waals surface area contributed by atoms with E-state index in [1.165, 1.54) is 12.1 Å². The number of amides is 1. The van der Waals surface area contributed by atoms with E-state index in [9.17, 15) is 19.2 Å². The van der Waals surface area contributed by atoms with E-state index in [-0.39, 0.29) is 28.7 Å². The van der Waals surface area contributed by atoms with E-state index < -0.39 is 16.5 Å². The molecule has 2 N–H and O–H groups in total. The van der Waals surface area contributed by atoms with Crippen molar-refractivity contribution >= 4 is 39.3 Å². The van der Waals surface area contributed by atoms with Crippen molar-refractivity contribution in [1.82, 2.24) is 19.7 Å². The number of carbonyl (C=O) groups excluding carboxylic acids is 1. The zero-order valence-electron chi connectivity index (χ0n) is 19.8. The monoisotopic (exact) mass is 512 g/mol. The fraction of sp³-hybridized carbons (Fsp3) is 0.280. The Morgan fingerprint density at radius 2 is 1.75 bits per heavy atom. The molecule has 0 fully saturated rings. The zero-order chi connectivity index (χ0) is 25.8.